The van der Waals surface area contributed by atoms with Crippen LogP contribution in [-0.4, -0.2) is 66.3 Å². The van der Waals surface area contributed by atoms with Crippen molar-refractivity contribution < 1.29 is 19.4 Å². The van der Waals surface area contributed by atoms with E-state index in [2.05, 4.69) is 0 Å². The van der Waals surface area contributed by atoms with Crippen molar-refractivity contribution in [3.8, 4) is 0 Å². The van der Waals surface area contributed by atoms with Crippen molar-refractivity contribution in [1.29, 1.82) is 0 Å². The van der Waals surface area contributed by atoms with Crippen LogP contribution in [0.25, 0.3) is 0 Å². The Morgan fingerprint density at radius 2 is 1.80 bits per heavy atom. The minimum Gasteiger partial charge on any atom is -0.481 e. The summed E-state index contributed by atoms with van der Waals surface area (Å²) in [5, 5.41) is 9.34. The molecule has 0 saturated carbocycles. The highest BCUT2D eigenvalue weighted by Gasteiger charge is 2.40. The van der Waals surface area contributed by atoms with Crippen molar-refractivity contribution in [3.63, 3.8) is 0 Å². The van der Waals surface area contributed by atoms with Crippen LogP contribution in [0.2, 0.25) is 0 Å². The highest BCUT2D eigenvalue weighted by molar-refractivity contribution is 5.76. The fraction of sp³-hybridized carbons (Fsp3) is 0.857. The molecule has 2 aliphatic rings. The van der Waals surface area contributed by atoms with Gasteiger partial charge in [-0.25, -0.2) is 4.79 Å². The second kappa shape index (κ2) is 5.99. The van der Waals surface area contributed by atoms with E-state index >= 15 is 0 Å². The van der Waals surface area contributed by atoms with Gasteiger partial charge in [-0.1, -0.05) is 0 Å². The van der Waals surface area contributed by atoms with Crippen LogP contribution < -0.4 is 0 Å². The summed E-state index contributed by atoms with van der Waals surface area (Å²) in [6.45, 7) is 7.20. The molecule has 2 amide bonds. The summed E-state index contributed by atoms with van der Waals surface area (Å²) in [5.74, 6) is -0.776. The Labute approximate surface area is 119 Å². The van der Waals surface area contributed by atoms with Crippen LogP contribution in [-0.2, 0) is 9.53 Å². The molecule has 0 aromatic rings. The third-order valence-electron chi connectivity index (χ3n) is 4.55. The number of urea groups is 1. The van der Waals surface area contributed by atoms with Crippen molar-refractivity contribution >= 4 is 12.0 Å². The van der Waals surface area contributed by atoms with E-state index in [0.29, 0.717) is 32.8 Å². The molecule has 0 radical (unpaired) electrons. The minimum atomic E-state index is -0.789. The van der Waals surface area contributed by atoms with Gasteiger partial charge < -0.3 is 19.6 Å². The maximum absolute atomic E-state index is 12.4. The number of carbonyl (C=O) groups excluding carboxylic acids is 1. The number of likely N-dealkylation sites (tertiary alicyclic amines) is 1. The molecule has 0 aliphatic carbocycles. The van der Waals surface area contributed by atoms with Gasteiger partial charge in [-0.15, -0.1) is 0 Å². The molecule has 2 rings (SSSR count). The molecule has 2 heterocycles. The molecule has 1 N–H and O–H groups in total. The first-order valence-corrected chi connectivity index (χ1v) is 7.28. The van der Waals surface area contributed by atoms with E-state index in [1.807, 2.05) is 4.90 Å². The molecule has 6 nitrogen and oxygen atoms in total. The summed E-state index contributed by atoms with van der Waals surface area (Å²) >= 11 is 0. The zero-order valence-corrected chi connectivity index (χ0v) is 12.3. The number of morpholine rings is 1. The zero-order chi connectivity index (χ0) is 14.8. The Morgan fingerprint density at radius 1 is 1.15 bits per heavy atom. The molecule has 2 aliphatic heterocycles. The molecule has 20 heavy (non-hydrogen) atoms. The number of hydrogen-bond acceptors (Lipinski definition) is 3. The smallest absolute Gasteiger partial charge is 0.320 e. The van der Waals surface area contributed by atoms with Crippen LogP contribution in [0.4, 0.5) is 4.79 Å². The highest BCUT2D eigenvalue weighted by atomic mass is 16.5. The maximum atomic E-state index is 12.4. The monoisotopic (exact) mass is 284 g/mol. The summed E-state index contributed by atoms with van der Waals surface area (Å²) in [6, 6.07) is 0.0270. The molecular weight excluding hydrogens is 260 g/mol. The topological polar surface area (TPSA) is 70.1 Å². The number of amides is 2. The van der Waals surface area contributed by atoms with Gasteiger partial charge in [-0.05, 0) is 32.6 Å². The van der Waals surface area contributed by atoms with E-state index in [-0.39, 0.29) is 11.9 Å². The average Bonchev–Trinajstić information content (AvgIpc) is 2.47. The summed E-state index contributed by atoms with van der Waals surface area (Å²) in [5.41, 5.74) is -0.788. The van der Waals surface area contributed by atoms with E-state index < -0.39 is 11.4 Å². The summed E-state index contributed by atoms with van der Waals surface area (Å²) in [4.78, 5) is 27.4. The lowest BCUT2D eigenvalue weighted by molar-refractivity contribution is -0.151. The van der Waals surface area contributed by atoms with Crippen molar-refractivity contribution in [3.05, 3.63) is 0 Å². The molecule has 114 valence electrons. The maximum Gasteiger partial charge on any atom is 0.320 e. The van der Waals surface area contributed by atoms with Gasteiger partial charge >= 0.3 is 12.0 Å². The molecular formula is C14H24N2O4. The first-order chi connectivity index (χ1) is 9.43. The molecule has 0 aromatic heterocycles. The van der Waals surface area contributed by atoms with Crippen LogP contribution in [0, 0.1) is 11.3 Å². The lowest BCUT2D eigenvalue weighted by Crippen LogP contribution is -2.53. The number of nitrogens with zero attached hydrogens (tertiary/aromatic N) is 2. The van der Waals surface area contributed by atoms with Gasteiger partial charge in [0.1, 0.15) is 0 Å². The van der Waals surface area contributed by atoms with Gasteiger partial charge in [0.25, 0.3) is 0 Å². The Morgan fingerprint density at radius 3 is 2.40 bits per heavy atom. The molecule has 0 aromatic carbocycles. The number of hydrogen-bond donors (Lipinski definition) is 1. The summed E-state index contributed by atoms with van der Waals surface area (Å²) in [6.07, 6.45) is 1.74. The number of piperidine rings is 1. The van der Waals surface area contributed by atoms with Gasteiger partial charge in [0.15, 0.2) is 0 Å². The Kier molecular flexibility index (Phi) is 4.52. The second-order valence-corrected chi connectivity index (χ2v) is 6.19. The Bertz CT molecular complexity index is 377. The van der Waals surface area contributed by atoms with Gasteiger partial charge in [0, 0.05) is 26.2 Å². The molecule has 0 bridgehead atoms. The van der Waals surface area contributed by atoms with Crippen LogP contribution in [0.1, 0.15) is 26.7 Å². The molecule has 2 fully saturated rings. The third kappa shape index (κ3) is 3.06. The zero-order valence-electron chi connectivity index (χ0n) is 12.3. The predicted molar refractivity (Wildman–Crippen MR) is 73.5 cm³/mol. The lowest BCUT2D eigenvalue weighted by atomic mass is 9.74. The van der Waals surface area contributed by atoms with E-state index in [0.717, 1.165) is 19.4 Å². The number of carbonyl (C=O) groups is 2. The SMILES string of the molecule is CC(C)(C(=O)O)C1CCCN(C(=O)N2CCOCC2)C1. The standard InChI is InChI=1S/C14H24N2O4/c1-14(2,12(17)18)11-4-3-5-16(10-11)13(19)15-6-8-20-9-7-15/h11H,3-10H2,1-2H3,(H,17,18). The number of aliphatic carboxylic acids is 1. The normalized spacial score (nSPS) is 24.6. The van der Waals surface area contributed by atoms with E-state index in [4.69, 9.17) is 4.74 Å². The summed E-state index contributed by atoms with van der Waals surface area (Å²) < 4.78 is 5.25. The fourth-order valence-electron chi connectivity index (χ4n) is 2.87. The van der Waals surface area contributed by atoms with Crippen molar-refractivity contribution in [2.24, 2.45) is 11.3 Å². The van der Waals surface area contributed by atoms with Gasteiger partial charge in [0.2, 0.25) is 0 Å². The van der Waals surface area contributed by atoms with Crippen molar-refractivity contribution in [2.45, 2.75) is 26.7 Å². The Hall–Kier alpha value is -1.30. The van der Waals surface area contributed by atoms with Crippen LogP contribution in [0.5, 0.6) is 0 Å². The first kappa shape index (κ1) is 15.1. The highest BCUT2D eigenvalue weighted by Crippen LogP contribution is 2.34. The first-order valence-electron chi connectivity index (χ1n) is 7.28. The van der Waals surface area contributed by atoms with Crippen molar-refractivity contribution in [2.75, 3.05) is 39.4 Å². The number of carboxylic acid groups (broad SMARTS) is 1. The Balaban J connectivity index is 1.99. The van der Waals surface area contributed by atoms with Gasteiger partial charge in [-0.3, -0.25) is 4.79 Å². The largest absolute Gasteiger partial charge is 0.481 e. The average molecular weight is 284 g/mol. The quantitative estimate of drug-likeness (QED) is 0.829. The third-order valence-corrected chi connectivity index (χ3v) is 4.55. The number of rotatable bonds is 2. The van der Waals surface area contributed by atoms with E-state index in [1.54, 1.807) is 18.7 Å². The number of ether oxygens (including phenoxy) is 1. The van der Waals surface area contributed by atoms with Gasteiger partial charge in [-0.2, -0.15) is 0 Å². The van der Waals surface area contributed by atoms with Gasteiger partial charge in [0.05, 0.1) is 18.6 Å². The molecule has 0 spiro atoms. The van der Waals surface area contributed by atoms with Crippen LogP contribution in [0.15, 0.2) is 0 Å². The van der Waals surface area contributed by atoms with Crippen LogP contribution >= 0.6 is 0 Å². The molecule has 1 atom stereocenters. The minimum absolute atomic E-state index is 0.0127. The molecule has 2 saturated heterocycles. The van der Waals surface area contributed by atoms with Crippen LogP contribution in [0.3, 0.4) is 0 Å². The fourth-order valence-corrected chi connectivity index (χ4v) is 2.87. The number of carboxylic acids is 1. The van der Waals surface area contributed by atoms with E-state index in [9.17, 15) is 14.7 Å². The summed E-state index contributed by atoms with van der Waals surface area (Å²) in [7, 11) is 0. The predicted octanol–water partition coefficient (Wildman–Crippen LogP) is 1.26. The second-order valence-electron chi connectivity index (χ2n) is 6.19. The van der Waals surface area contributed by atoms with E-state index in [1.165, 1.54) is 0 Å². The van der Waals surface area contributed by atoms with Crippen molar-refractivity contribution in [1.82, 2.24) is 9.80 Å². The molecule has 1 unspecified atom stereocenters. The molecule has 6 heteroatoms. The lowest BCUT2D eigenvalue weighted by Gasteiger charge is -2.41.